The van der Waals surface area contributed by atoms with Gasteiger partial charge in [-0.3, -0.25) is 0 Å². The molecule has 130 valence electrons. The summed E-state index contributed by atoms with van der Waals surface area (Å²) in [5.74, 6) is 0.815. The maximum absolute atomic E-state index is 4.30. The Morgan fingerprint density at radius 1 is 1.00 bits per heavy atom. The molecule has 0 amide bonds. The van der Waals surface area contributed by atoms with Crippen LogP contribution in [0.2, 0.25) is 0 Å². The summed E-state index contributed by atoms with van der Waals surface area (Å²) < 4.78 is 3.88. The summed E-state index contributed by atoms with van der Waals surface area (Å²) in [7, 11) is 5.92. The van der Waals surface area contributed by atoms with Crippen molar-refractivity contribution in [2.45, 2.75) is 25.7 Å². The summed E-state index contributed by atoms with van der Waals surface area (Å²) >= 11 is 0. The van der Waals surface area contributed by atoms with Crippen molar-refractivity contribution in [2.24, 2.45) is 24.3 Å². The van der Waals surface area contributed by atoms with Gasteiger partial charge >= 0.3 is 5.95 Å². The number of benzene rings is 1. The largest absolute Gasteiger partial charge is 0.421 e. The molecule has 2 aromatic rings. The molecule has 0 aliphatic carbocycles. The minimum absolute atomic E-state index is 0.815. The highest BCUT2D eigenvalue weighted by Gasteiger charge is 2.10. The Morgan fingerprint density at radius 2 is 1.71 bits per heavy atom. The van der Waals surface area contributed by atoms with Crippen molar-refractivity contribution in [3.63, 3.8) is 0 Å². The minimum Gasteiger partial charge on any atom is -0.385 e. The number of aromatic nitrogens is 2. The molecule has 24 heavy (non-hydrogen) atoms. The van der Waals surface area contributed by atoms with E-state index in [1.807, 2.05) is 54.8 Å². The zero-order valence-corrected chi connectivity index (χ0v) is 15.0. The van der Waals surface area contributed by atoms with Crippen molar-refractivity contribution in [1.82, 2.24) is 9.88 Å². The number of unbranched alkanes of at least 4 members (excludes halogenated alkanes) is 3. The van der Waals surface area contributed by atoms with Crippen LogP contribution in [-0.2, 0) is 14.1 Å². The van der Waals surface area contributed by atoms with Crippen LogP contribution in [0.15, 0.2) is 46.9 Å². The summed E-state index contributed by atoms with van der Waals surface area (Å²) in [6.45, 7) is 2.13. The Balaban J connectivity index is 1.75. The van der Waals surface area contributed by atoms with Crippen LogP contribution >= 0.6 is 0 Å². The number of nitrogens with one attached hydrogen (secondary N) is 2. The second-order valence-corrected chi connectivity index (χ2v) is 6.01. The smallest absolute Gasteiger partial charge is 0.385 e. The third-order valence-electron chi connectivity index (χ3n) is 3.95. The number of anilines is 1. The normalized spacial score (nSPS) is 11.3. The van der Waals surface area contributed by atoms with E-state index in [1.165, 1.54) is 25.7 Å². The van der Waals surface area contributed by atoms with Crippen LogP contribution in [0.1, 0.15) is 25.7 Å². The number of azo groups is 1. The van der Waals surface area contributed by atoms with Gasteiger partial charge in [0, 0.05) is 17.3 Å². The fraction of sp³-hybridized carbons (Fsp3) is 0.500. The molecule has 0 saturated heterocycles. The van der Waals surface area contributed by atoms with Crippen LogP contribution in [0.3, 0.4) is 0 Å². The molecule has 0 bridgehead atoms. The predicted molar refractivity (Wildman–Crippen MR) is 98.1 cm³/mol. The van der Waals surface area contributed by atoms with Gasteiger partial charge in [-0.25, -0.2) is 9.13 Å². The number of nitrogens with zero attached hydrogens (tertiary/aromatic N) is 4. The van der Waals surface area contributed by atoms with Crippen LogP contribution in [-0.4, -0.2) is 24.7 Å². The van der Waals surface area contributed by atoms with E-state index < -0.39 is 0 Å². The Bertz CT molecular complexity index is 610. The van der Waals surface area contributed by atoms with E-state index in [0.29, 0.717) is 0 Å². The number of imidazole rings is 1. The van der Waals surface area contributed by atoms with Crippen molar-refractivity contribution >= 4 is 17.3 Å². The quantitative estimate of drug-likeness (QED) is 0.398. The molecule has 0 aliphatic rings. The van der Waals surface area contributed by atoms with Gasteiger partial charge in [-0.2, -0.15) is 0 Å². The highest BCUT2D eigenvalue weighted by molar-refractivity contribution is 5.50. The van der Waals surface area contributed by atoms with Gasteiger partial charge in [0.2, 0.25) is 0 Å². The van der Waals surface area contributed by atoms with Crippen molar-refractivity contribution in [1.29, 1.82) is 0 Å². The molecule has 0 atom stereocenters. The first-order valence-electron chi connectivity index (χ1n) is 8.62. The summed E-state index contributed by atoms with van der Waals surface area (Å²) in [5, 5.41) is 15.2. The molecule has 0 spiro atoms. The maximum atomic E-state index is 4.30. The van der Waals surface area contributed by atoms with Crippen LogP contribution in [0.25, 0.3) is 0 Å². The molecule has 6 heteroatoms. The Labute approximate surface area is 144 Å². The lowest BCUT2D eigenvalue weighted by atomic mass is 10.2. The Morgan fingerprint density at radius 3 is 2.33 bits per heavy atom. The van der Waals surface area contributed by atoms with Crippen LogP contribution in [0.4, 0.5) is 17.3 Å². The van der Waals surface area contributed by atoms with Crippen molar-refractivity contribution in [3.05, 3.63) is 36.7 Å². The topological polar surface area (TPSA) is 57.6 Å². The van der Waals surface area contributed by atoms with Gasteiger partial charge in [-0.15, -0.1) is 0 Å². The molecule has 0 radical (unpaired) electrons. The van der Waals surface area contributed by atoms with Crippen LogP contribution in [0, 0.1) is 0 Å². The standard InChI is InChI=1S/C18H28N6/c1-19-12-6-4-5-7-13-20-16-8-10-17(11-9-16)21-22-18-23(2)14-15-24(18)3/h8-11,14-15,19H,4-7,12-13H2,1-3H3/p+1. The number of rotatable bonds is 10. The second kappa shape index (κ2) is 9.82. The fourth-order valence-electron chi connectivity index (χ4n) is 2.48. The molecule has 0 fully saturated rings. The third kappa shape index (κ3) is 5.77. The van der Waals surface area contributed by atoms with E-state index in [9.17, 15) is 0 Å². The predicted octanol–water partition coefficient (Wildman–Crippen LogP) is 3.46. The van der Waals surface area contributed by atoms with Gasteiger partial charge in [0.1, 0.15) is 5.69 Å². The second-order valence-electron chi connectivity index (χ2n) is 6.01. The first-order valence-corrected chi connectivity index (χ1v) is 8.62. The van der Waals surface area contributed by atoms with Gasteiger partial charge in [0.25, 0.3) is 0 Å². The third-order valence-corrected chi connectivity index (χ3v) is 3.95. The molecule has 0 saturated carbocycles. The van der Waals surface area contributed by atoms with E-state index >= 15 is 0 Å². The molecule has 1 aromatic carbocycles. The van der Waals surface area contributed by atoms with Crippen molar-refractivity contribution < 1.29 is 4.57 Å². The molecule has 0 aliphatic heterocycles. The lowest BCUT2D eigenvalue weighted by Crippen LogP contribution is -2.25. The van der Waals surface area contributed by atoms with E-state index in [0.717, 1.165) is 30.4 Å². The van der Waals surface area contributed by atoms with E-state index in [1.54, 1.807) is 0 Å². The average Bonchev–Trinajstić information content (AvgIpc) is 2.91. The van der Waals surface area contributed by atoms with Gasteiger partial charge < -0.3 is 10.6 Å². The Hall–Kier alpha value is -2.21. The molecule has 2 rings (SSSR count). The zero-order valence-electron chi connectivity index (χ0n) is 15.0. The fourth-order valence-corrected chi connectivity index (χ4v) is 2.48. The highest BCUT2D eigenvalue weighted by atomic mass is 15.3. The molecular formula is C18H29N6+. The SMILES string of the molecule is CNCCCCCCNc1ccc(N=Nc2n(C)cc[n+]2C)cc1. The lowest BCUT2D eigenvalue weighted by Gasteiger charge is -2.06. The maximum Gasteiger partial charge on any atom is 0.421 e. The van der Waals surface area contributed by atoms with E-state index in [2.05, 4.69) is 33.0 Å². The van der Waals surface area contributed by atoms with Gasteiger partial charge in [-0.05, 0) is 50.7 Å². The van der Waals surface area contributed by atoms with Gasteiger partial charge in [0.05, 0.1) is 26.5 Å². The van der Waals surface area contributed by atoms with Crippen molar-refractivity contribution in [2.75, 3.05) is 25.5 Å². The summed E-state index contributed by atoms with van der Waals surface area (Å²) in [6, 6.07) is 8.09. The molecule has 0 unspecified atom stereocenters. The van der Waals surface area contributed by atoms with Gasteiger partial charge in [0.15, 0.2) is 0 Å². The molecular weight excluding hydrogens is 300 g/mol. The highest BCUT2D eigenvalue weighted by Crippen LogP contribution is 2.18. The first kappa shape index (κ1) is 18.1. The van der Waals surface area contributed by atoms with Crippen LogP contribution in [0.5, 0.6) is 0 Å². The molecule has 1 heterocycles. The summed E-state index contributed by atoms with van der Waals surface area (Å²) in [6.07, 6.45) is 8.94. The van der Waals surface area contributed by atoms with Crippen molar-refractivity contribution in [3.8, 4) is 0 Å². The number of hydrogen-bond donors (Lipinski definition) is 2. The van der Waals surface area contributed by atoms with E-state index in [-0.39, 0.29) is 0 Å². The summed E-state index contributed by atoms with van der Waals surface area (Å²) in [5.41, 5.74) is 1.99. The summed E-state index contributed by atoms with van der Waals surface area (Å²) in [4.78, 5) is 0. The first-order chi connectivity index (χ1) is 11.7. The minimum atomic E-state index is 0.815. The van der Waals surface area contributed by atoms with Gasteiger partial charge in [-0.1, -0.05) is 18.0 Å². The monoisotopic (exact) mass is 329 g/mol. The lowest BCUT2D eigenvalue weighted by molar-refractivity contribution is -0.657. The van der Waals surface area contributed by atoms with Crippen LogP contribution < -0.4 is 15.2 Å². The zero-order chi connectivity index (χ0) is 17.2. The number of aryl methyl sites for hydroxylation is 2. The van der Waals surface area contributed by atoms with E-state index in [4.69, 9.17) is 0 Å². The Kier molecular flexibility index (Phi) is 7.42. The number of hydrogen-bond acceptors (Lipinski definition) is 4. The molecule has 6 nitrogen and oxygen atoms in total. The molecule has 2 N–H and O–H groups in total. The average molecular weight is 329 g/mol. The molecule has 1 aromatic heterocycles.